The summed E-state index contributed by atoms with van der Waals surface area (Å²) >= 11 is 1.61. The van der Waals surface area contributed by atoms with E-state index in [9.17, 15) is 5.11 Å². The van der Waals surface area contributed by atoms with E-state index in [1.807, 2.05) is 18.6 Å². The van der Waals surface area contributed by atoms with E-state index in [0.717, 1.165) is 55.3 Å². The van der Waals surface area contributed by atoms with Gasteiger partial charge in [0.2, 0.25) is 0 Å². The Hall–Kier alpha value is -1.57. The van der Waals surface area contributed by atoms with E-state index in [-0.39, 0.29) is 6.04 Å². The second-order valence-corrected chi connectivity index (χ2v) is 7.08. The van der Waals surface area contributed by atoms with Gasteiger partial charge in [0, 0.05) is 36.8 Å². The van der Waals surface area contributed by atoms with Crippen molar-refractivity contribution in [3.05, 3.63) is 34.2 Å². The summed E-state index contributed by atoms with van der Waals surface area (Å²) in [6.07, 6.45) is 4.37. The molecule has 0 aliphatic carbocycles. The molecule has 0 bridgehead atoms. The molecule has 7 heteroatoms. The molecular weight excluding hydrogens is 322 g/mol. The smallest absolute Gasteiger partial charge is 0.133 e. The third-order valence-electron chi connectivity index (χ3n) is 4.36. The molecule has 2 N–H and O–H groups in total. The number of aromatic nitrogens is 3. The zero-order chi connectivity index (χ0) is 16.9. The van der Waals surface area contributed by atoms with Gasteiger partial charge in [-0.25, -0.2) is 15.0 Å². The van der Waals surface area contributed by atoms with Crippen molar-refractivity contribution in [2.24, 2.45) is 0 Å². The van der Waals surface area contributed by atoms with Gasteiger partial charge in [-0.15, -0.1) is 11.3 Å². The van der Waals surface area contributed by atoms with Crippen molar-refractivity contribution < 1.29 is 5.11 Å². The Kier molecular flexibility index (Phi) is 5.76. The van der Waals surface area contributed by atoms with Crippen molar-refractivity contribution in [2.45, 2.75) is 51.8 Å². The molecule has 130 valence electrons. The summed E-state index contributed by atoms with van der Waals surface area (Å²) in [6, 6.07) is 0.0293. The molecule has 2 aromatic heterocycles. The fourth-order valence-corrected chi connectivity index (χ4v) is 3.65. The number of likely N-dealkylation sites (tertiary alicyclic amines) is 1. The van der Waals surface area contributed by atoms with E-state index in [1.165, 1.54) is 0 Å². The maximum Gasteiger partial charge on any atom is 0.133 e. The van der Waals surface area contributed by atoms with Gasteiger partial charge in [-0.1, -0.05) is 13.3 Å². The highest BCUT2D eigenvalue weighted by Crippen LogP contribution is 2.21. The van der Waals surface area contributed by atoms with Crippen LogP contribution in [0.5, 0.6) is 0 Å². The number of aryl methyl sites for hydroxylation is 2. The molecule has 3 heterocycles. The van der Waals surface area contributed by atoms with Gasteiger partial charge in [-0.3, -0.25) is 4.90 Å². The molecule has 2 atom stereocenters. The summed E-state index contributed by atoms with van der Waals surface area (Å²) < 4.78 is 0. The van der Waals surface area contributed by atoms with E-state index in [4.69, 9.17) is 0 Å². The van der Waals surface area contributed by atoms with Crippen LogP contribution in [0.2, 0.25) is 0 Å². The molecule has 6 nitrogen and oxygen atoms in total. The lowest BCUT2D eigenvalue weighted by Gasteiger charge is -2.36. The standard InChI is InChI=1S/C17H25N5OS/c1-3-4-13-7-18-12(2)20-17(13)21-15-5-6-22(9-16(15)23)8-14-10-24-11-19-14/h7,10-11,15-16,23H,3-6,8-9H2,1-2H3,(H,18,20,21)/t15-,16-/m1/s1. The van der Waals surface area contributed by atoms with Crippen LogP contribution >= 0.6 is 11.3 Å². The lowest BCUT2D eigenvalue weighted by atomic mass is 10.0. The summed E-state index contributed by atoms with van der Waals surface area (Å²) in [6.45, 7) is 6.45. The fourth-order valence-electron chi connectivity index (χ4n) is 3.10. The zero-order valence-electron chi connectivity index (χ0n) is 14.3. The second-order valence-electron chi connectivity index (χ2n) is 6.36. The minimum Gasteiger partial charge on any atom is -0.390 e. The normalized spacial score (nSPS) is 21.8. The Morgan fingerprint density at radius 2 is 2.29 bits per heavy atom. The largest absolute Gasteiger partial charge is 0.390 e. The Labute approximate surface area is 147 Å². The monoisotopic (exact) mass is 347 g/mol. The number of aliphatic hydroxyl groups is 1. The van der Waals surface area contributed by atoms with Crippen LogP contribution in [0.25, 0.3) is 0 Å². The molecule has 0 radical (unpaired) electrons. The predicted molar refractivity (Wildman–Crippen MR) is 96.2 cm³/mol. The van der Waals surface area contributed by atoms with Crippen LogP contribution in [-0.2, 0) is 13.0 Å². The highest BCUT2D eigenvalue weighted by Gasteiger charge is 2.28. The SMILES string of the molecule is CCCc1cnc(C)nc1N[C@@H]1CCN(Cc2cscn2)C[C@H]1O. The van der Waals surface area contributed by atoms with Gasteiger partial charge < -0.3 is 10.4 Å². The minimum absolute atomic E-state index is 0.0293. The molecule has 24 heavy (non-hydrogen) atoms. The van der Waals surface area contributed by atoms with Gasteiger partial charge in [0.15, 0.2) is 0 Å². The molecule has 0 unspecified atom stereocenters. The molecular formula is C17H25N5OS. The number of thiazole rings is 1. The summed E-state index contributed by atoms with van der Waals surface area (Å²) in [4.78, 5) is 15.4. The van der Waals surface area contributed by atoms with Gasteiger partial charge in [0.1, 0.15) is 11.6 Å². The molecule has 3 rings (SSSR count). The maximum atomic E-state index is 10.6. The number of hydrogen-bond acceptors (Lipinski definition) is 7. The summed E-state index contributed by atoms with van der Waals surface area (Å²) in [5, 5.41) is 16.1. The molecule has 0 amide bonds. The van der Waals surface area contributed by atoms with Crippen molar-refractivity contribution in [3.8, 4) is 0 Å². The summed E-state index contributed by atoms with van der Waals surface area (Å²) in [7, 11) is 0. The van der Waals surface area contributed by atoms with Crippen LogP contribution in [0.15, 0.2) is 17.1 Å². The van der Waals surface area contributed by atoms with Crippen LogP contribution in [0, 0.1) is 6.92 Å². The topological polar surface area (TPSA) is 74.2 Å². The van der Waals surface area contributed by atoms with Gasteiger partial charge in [0.25, 0.3) is 0 Å². The lowest BCUT2D eigenvalue weighted by Crippen LogP contribution is -2.49. The number of nitrogens with zero attached hydrogens (tertiary/aromatic N) is 4. The van der Waals surface area contributed by atoms with Crippen LogP contribution < -0.4 is 5.32 Å². The van der Waals surface area contributed by atoms with Crippen molar-refractivity contribution >= 4 is 17.2 Å². The Morgan fingerprint density at radius 3 is 3.00 bits per heavy atom. The first-order chi connectivity index (χ1) is 11.7. The van der Waals surface area contributed by atoms with Crippen LogP contribution in [0.3, 0.4) is 0 Å². The predicted octanol–water partition coefficient (Wildman–Crippen LogP) is 2.24. The first kappa shape index (κ1) is 17.3. The van der Waals surface area contributed by atoms with E-state index >= 15 is 0 Å². The first-order valence-electron chi connectivity index (χ1n) is 8.52. The van der Waals surface area contributed by atoms with Crippen molar-refractivity contribution in [3.63, 3.8) is 0 Å². The Bertz CT molecular complexity index is 648. The number of hydrogen-bond donors (Lipinski definition) is 2. The van der Waals surface area contributed by atoms with Gasteiger partial charge in [-0.2, -0.15) is 0 Å². The molecule has 1 aliphatic rings. The Balaban J connectivity index is 1.62. The molecule has 0 aromatic carbocycles. The highest BCUT2D eigenvalue weighted by atomic mass is 32.1. The zero-order valence-corrected chi connectivity index (χ0v) is 15.1. The van der Waals surface area contributed by atoms with Crippen LogP contribution in [0.4, 0.5) is 5.82 Å². The molecule has 0 spiro atoms. The third-order valence-corrected chi connectivity index (χ3v) is 5.00. The molecule has 2 aromatic rings. The first-order valence-corrected chi connectivity index (χ1v) is 9.46. The minimum atomic E-state index is -0.415. The molecule has 1 saturated heterocycles. The summed E-state index contributed by atoms with van der Waals surface area (Å²) in [5.74, 6) is 1.63. The number of anilines is 1. The highest BCUT2D eigenvalue weighted by molar-refractivity contribution is 7.07. The second kappa shape index (κ2) is 8.00. The fraction of sp³-hybridized carbons (Fsp3) is 0.588. The van der Waals surface area contributed by atoms with Crippen molar-refractivity contribution in [1.29, 1.82) is 0 Å². The number of aliphatic hydroxyl groups excluding tert-OH is 1. The molecule has 1 fully saturated rings. The summed E-state index contributed by atoms with van der Waals surface area (Å²) in [5.41, 5.74) is 4.06. The average Bonchev–Trinajstić information content (AvgIpc) is 3.06. The van der Waals surface area contributed by atoms with E-state index < -0.39 is 6.10 Å². The van der Waals surface area contributed by atoms with E-state index in [2.05, 4.69) is 37.5 Å². The van der Waals surface area contributed by atoms with Gasteiger partial charge in [0.05, 0.1) is 23.4 Å². The number of β-amino-alcohol motifs (C(OH)–C–C–N with tert-alkyl or cyclic N) is 1. The van der Waals surface area contributed by atoms with Crippen molar-refractivity contribution in [2.75, 3.05) is 18.4 Å². The number of piperidine rings is 1. The quantitative estimate of drug-likeness (QED) is 0.835. The number of rotatable bonds is 6. The van der Waals surface area contributed by atoms with Crippen LogP contribution in [0.1, 0.15) is 36.8 Å². The van der Waals surface area contributed by atoms with Gasteiger partial charge >= 0.3 is 0 Å². The maximum absolute atomic E-state index is 10.6. The van der Waals surface area contributed by atoms with Crippen molar-refractivity contribution in [1.82, 2.24) is 19.9 Å². The van der Waals surface area contributed by atoms with E-state index in [0.29, 0.717) is 6.54 Å². The van der Waals surface area contributed by atoms with Crippen LogP contribution in [-0.4, -0.2) is 50.2 Å². The molecule has 0 saturated carbocycles. The van der Waals surface area contributed by atoms with Gasteiger partial charge in [-0.05, 0) is 19.8 Å². The Morgan fingerprint density at radius 1 is 1.42 bits per heavy atom. The molecule has 1 aliphatic heterocycles. The van der Waals surface area contributed by atoms with E-state index in [1.54, 1.807) is 11.3 Å². The number of nitrogens with one attached hydrogen (secondary N) is 1. The average molecular weight is 347 g/mol. The third kappa shape index (κ3) is 4.28. The lowest BCUT2D eigenvalue weighted by molar-refractivity contribution is 0.0555.